The van der Waals surface area contributed by atoms with Crippen molar-refractivity contribution in [1.82, 2.24) is 4.98 Å². The van der Waals surface area contributed by atoms with Crippen LogP contribution >= 0.6 is 0 Å². The van der Waals surface area contributed by atoms with Crippen LogP contribution in [0.2, 0.25) is 0 Å². The van der Waals surface area contributed by atoms with Gasteiger partial charge in [-0.3, -0.25) is 0 Å². The van der Waals surface area contributed by atoms with E-state index in [4.69, 9.17) is 0 Å². The molecule has 2 aliphatic rings. The summed E-state index contributed by atoms with van der Waals surface area (Å²) in [7, 11) is 0. The van der Waals surface area contributed by atoms with E-state index < -0.39 is 0 Å². The molecule has 3 heteroatoms. The number of nitrogens with zero attached hydrogens (tertiary/aromatic N) is 2. The molecule has 0 amide bonds. The van der Waals surface area contributed by atoms with E-state index >= 15 is 0 Å². The van der Waals surface area contributed by atoms with E-state index in [9.17, 15) is 5.26 Å². The van der Waals surface area contributed by atoms with Crippen LogP contribution in [0, 0.1) is 35.0 Å². The lowest BCUT2D eigenvalue weighted by Gasteiger charge is -2.43. The largest absolute Gasteiger partial charge is 0.365 e. The summed E-state index contributed by atoms with van der Waals surface area (Å²) in [5, 5.41) is 12.9. The second-order valence-electron chi connectivity index (χ2n) is 7.45. The number of hydrogen-bond donors (Lipinski definition) is 1. The summed E-state index contributed by atoms with van der Waals surface area (Å²) >= 11 is 0. The zero-order chi connectivity index (χ0) is 14.5. The number of nitriles is 1. The zero-order valence-electron chi connectivity index (χ0n) is 12.8. The van der Waals surface area contributed by atoms with Crippen LogP contribution in [0.1, 0.15) is 51.3 Å². The highest BCUT2D eigenvalue weighted by molar-refractivity contribution is 5.53. The smallest absolute Gasteiger partial charge is 0.144 e. The van der Waals surface area contributed by atoms with Gasteiger partial charge in [0.05, 0.1) is 5.56 Å². The summed E-state index contributed by atoms with van der Waals surface area (Å²) in [6.07, 6.45) is 3.92. The third kappa shape index (κ3) is 1.82. The molecule has 0 aromatic carbocycles. The Morgan fingerprint density at radius 3 is 2.70 bits per heavy atom. The van der Waals surface area contributed by atoms with Crippen LogP contribution < -0.4 is 5.32 Å². The van der Waals surface area contributed by atoms with Crippen LogP contribution in [0.4, 0.5) is 5.82 Å². The molecule has 2 bridgehead atoms. The second kappa shape index (κ2) is 4.22. The second-order valence-corrected chi connectivity index (χ2v) is 7.45. The molecule has 20 heavy (non-hydrogen) atoms. The van der Waals surface area contributed by atoms with Crippen LogP contribution in [-0.4, -0.2) is 11.0 Å². The number of nitrogens with one attached hydrogen (secondary N) is 1. The number of anilines is 1. The number of pyridine rings is 1. The van der Waals surface area contributed by atoms with Crippen molar-refractivity contribution in [2.75, 3.05) is 5.32 Å². The lowest BCUT2D eigenvalue weighted by Crippen LogP contribution is -2.46. The highest BCUT2D eigenvalue weighted by Crippen LogP contribution is 2.63. The number of aromatic nitrogens is 1. The Balaban J connectivity index is 1.96. The van der Waals surface area contributed by atoms with Crippen LogP contribution in [-0.2, 0) is 0 Å². The molecule has 3 unspecified atom stereocenters. The first-order valence-electron chi connectivity index (χ1n) is 7.51. The molecule has 2 saturated carbocycles. The van der Waals surface area contributed by atoms with E-state index in [1.807, 2.05) is 19.1 Å². The zero-order valence-corrected chi connectivity index (χ0v) is 12.8. The number of hydrogen-bond acceptors (Lipinski definition) is 3. The average molecular weight is 269 g/mol. The van der Waals surface area contributed by atoms with Gasteiger partial charge in [0, 0.05) is 11.7 Å². The van der Waals surface area contributed by atoms with Crippen molar-refractivity contribution in [3.63, 3.8) is 0 Å². The quantitative estimate of drug-likeness (QED) is 0.886. The maximum absolute atomic E-state index is 9.28. The minimum atomic E-state index is 0.269. The van der Waals surface area contributed by atoms with Gasteiger partial charge >= 0.3 is 0 Å². The summed E-state index contributed by atoms with van der Waals surface area (Å²) in [6.45, 7) is 9.09. The van der Waals surface area contributed by atoms with Gasteiger partial charge in [-0.15, -0.1) is 0 Å². The van der Waals surface area contributed by atoms with E-state index in [2.05, 4.69) is 37.1 Å². The summed E-state index contributed by atoms with van der Waals surface area (Å²) in [4.78, 5) is 4.55. The fourth-order valence-corrected chi connectivity index (χ4v) is 4.56. The molecule has 3 rings (SSSR count). The summed E-state index contributed by atoms with van der Waals surface area (Å²) < 4.78 is 0. The van der Waals surface area contributed by atoms with E-state index in [-0.39, 0.29) is 5.41 Å². The standard InChI is InChI=1S/C17H23N3/c1-11-5-6-12(10-18)14(19-11)20-15-16(2,3)13-7-8-17(15,4)9-13/h5-6,13,15H,7-9H2,1-4H3,(H,19,20). The van der Waals surface area contributed by atoms with E-state index in [0.29, 0.717) is 17.0 Å². The van der Waals surface area contributed by atoms with Gasteiger partial charge in [0.1, 0.15) is 11.9 Å². The van der Waals surface area contributed by atoms with E-state index in [1.165, 1.54) is 19.3 Å². The maximum Gasteiger partial charge on any atom is 0.144 e. The Labute approximate surface area is 121 Å². The Hall–Kier alpha value is -1.56. The Bertz CT molecular complexity index is 580. The Morgan fingerprint density at radius 2 is 2.10 bits per heavy atom. The van der Waals surface area contributed by atoms with Gasteiger partial charge in [-0.05, 0) is 55.1 Å². The molecule has 1 aromatic rings. The van der Waals surface area contributed by atoms with Gasteiger partial charge in [0.2, 0.25) is 0 Å². The maximum atomic E-state index is 9.28. The lowest BCUT2D eigenvalue weighted by molar-refractivity contribution is 0.155. The molecule has 0 aliphatic heterocycles. The Kier molecular flexibility index (Phi) is 2.83. The first kappa shape index (κ1) is 13.4. The number of fused-ring (bicyclic) bond motifs is 2. The van der Waals surface area contributed by atoms with Crippen LogP contribution in [0.3, 0.4) is 0 Å². The van der Waals surface area contributed by atoms with E-state index in [0.717, 1.165) is 17.4 Å². The molecule has 3 atom stereocenters. The average Bonchev–Trinajstić information content (AvgIpc) is 2.86. The van der Waals surface area contributed by atoms with Crippen molar-refractivity contribution in [1.29, 1.82) is 5.26 Å². The third-order valence-electron chi connectivity index (χ3n) is 5.71. The molecule has 0 spiro atoms. The van der Waals surface area contributed by atoms with Crippen molar-refractivity contribution in [3.05, 3.63) is 23.4 Å². The van der Waals surface area contributed by atoms with Crippen LogP contribution in [0.5, 0.6) is 0 Å². The molecule has 0 saturated heterocycles. The highest BCUT2D eigenvalue weighted by atomic mass is 15.1. The number of rotatable bonds is 2. The fourth-order valence-electron chi connectivity index (χ4n) is 4.56. The predicted molar refractivity (Wildman–Crippen MR) is 80.3 cm³/mol. The minimum absolute atomic E-state index is 0.269. The van der Waals surface area contributed by atoms with Crippen molar-refractivity contribution in [3.8, 4) is 6.07 Å². The molecular formula is C17H23N3. The molecule has 2 fully saturated rings. The molecule has 1 aromatic heterocycles. The molecule has 3 nitrogen and oxygen atoms in total. The molecule has 1 heterocycles. The topological polar surface area (TPSA) is 48.7 Å². The SMILES string of the molecule is Cc1ccc(C#N)c(NC2C3(C)CCC(C3)C2(C)C)n1. The first-order valence-corrected chi connectivity index (χ1v) is 7.51. The van der Waals surface area contributed by atoms with Crippen molar-refractivity contribution in [2.24, 2.45) is 16.7 Å². The normalized spacial score (nSPS) is 34.0. The third-order valence-corrected chi connectivity index (χ3v) is 5.71. The Morgan fingerprint density at radius 1 is 1.35 bits per heavy atom. The highest BCUT2D eigenvalue weighted by Gasteiger charge is 2.59. The van der Waals surface area contributed by atoms with Gasteiger partial charge in [0.25, 0.3) is 0 Å². The predicted octanol–water partition coefficient (Wildman–Crippen LogP) is 3.89. The van der Waals surface area contributed by atoms with Gasteiger partial charge < -0.3 is 5.32 Å². The molecule has 106 valence electrons. The van der Waals surface area contributed by atoms with Gasteiger partial charge in [0.15, 0.2) is 0 Å². The minimum Gasteiger partial charge on any atom is -0.365 e. The van der Waals surface area contributed by atoms with Crippen molar-refractivity contribution >= 4 is 5.82 Å². The summed E-state index contributed by atoms with van der Waals surface area (Å²) in [5.74, 6) is 1.56. The fraction of sp³-hybridized carbons (Fsp3) is 0.647. The van der Waals surface area contributed by atoms with Crippen molar-refractivity contribution in [2.45, 2.75) is 53.0 Å². The van der Waals surface area contributed by atoms with Gasteiger partial charge in [-0.2, -0.15) is 5.26 Å². The molecule has 0 radical (unpaired) electrons. The van der Waals surface area contributed by atoms with Crippen LogP contribution in [0.15, 0.2) is 12.1 Å². The molecule has 2 aliphatic carbocycles. The summed E-state index contributed by atoms with van der Waals surface area (Å²) in [5.41, 5.74) is 2.22. The van der Waals surface area contributed by atoms with Gasteiger partial charge in [-0.25, -0.2) is 4.98 Å². The van der Waals surface area contributed by atoms with Crippen molar-refractivity contribution < 1.29 is 0 Å². The van der Waals surface area contributed by atoms with Gasteiger partial charge in [-0.1, -0.05) is 20.8 Å². The summed E-state index contributed by atoms with van der Waals surface area (Å²) in [6, 6.07) is 6.42. The van der Waals surface area contributed by atoms with Crippen LogP contribution in [0.25, 0.3) is 0 Å². The lowest BCUT2D eigenvalue weighted by atomic mass is 9.68. The molecule has 1 N–H and O–H groups in total. The van der Waals surface area contributed by atoms with E-state index in [1.54, 1.807) is 0 Å². The molecular weight excluding hydrogens is 246 g/mol. The monoisotopic (exact) mass is 269 g/mol. The number of aryl methyl sites for hydroxylation is 1. The first-order chi connectivity index (χ1) is 9.37.